The van der Waals surface area contributed by atoms with Crippen molar-refractivity contribution in [2.24, 2.45) is 0 Å². The van der Waals surface area contributed by atoms with Gasteiger partial charge in [-0.25, -0.2) is 9.97 Å². The van der Waals surface area contributed by atoms with Crippen LogP contribution in [0.4, 0.5) is 5.82 Å². The highest BCUT2D eigenvalue weighted by molar-refractivity contribution is 7.18. The Labute approximate surface area is 104 Å². The van der Waals surface area contributed by atoms with Crippen molar-refractivity contribution >= 4 is 27.4 Å². The normalized spacial score (nSPS) is 24.4. The van der Waals surface area contributed by atoms with E-state index in [1.54, 1.807) is 17.7 Å². The Bertz CT molecular complexity index is 546. The van der Waals surface area contributed by atoms with Crippen LogP contribution in [0.3, 0.4) is 0 Å². The van der Waals surface area contributed by atoms with Gasteiger partial charge in [0.1, 0.15) is 12.1 Å². The maximum absolute atomic E-state index is 5.45. The molecule has 3 rings (SSSR count). The Kier molecular flexibility index (Phi) is 2.52. The van der Waals surface area contributed by atoms with Crippen molar-refractivity contribution in [3.63, 3.8) is 0 Å². The number of ether oxygens (including phenoxy) is 1. The predicted molar refractivity (Wildman–Crippen MR) is 69.6 cm³/mol. The zero-order chi connectivity index (χ0) is 11.9. The van der Waals surface area contributed by atoms with Crippen molar-refractivity contribution in [1.82, 2.24) is 9.97 Å². The SMILES string of the molecule is Cc1csc2c(NC3(C)CCOC3)ncnc12. The summed E-state index contributed by atoms with van der Waals surface area (Å²) >= 11 is 1.69. The van der Waals surface area contributed by atoms with Gasteiger partial charge in [0, 0.05) is 6.61 Å². The maximum atomic E-state index is 5.45. The molecule has 0 amide bonds. The average Bonchev–Trinajstić information content (AvgIpc) is 2.88. The standard InChI is InChI=1S/C12H15N3OS/c1-8-5-17-10-9(8)13-7-14-11(10)15-12(2)3-4-16-6-12/h5,7H,3-4,6H2,1-2H3,(H,13,14,15). The largest absolute Gasteiger partial charge is 0.379 e. The number of thiophene rings is 1. The fraction of sp³-hybridized carbons (Fsp3) is 0.500. The van der Waals surface area contributed by atoms with Gasteiger partial charge in [-0.05, 0) is 31.2 Å². The fourth-order valence-corrected chi connectivity index (χ4v) is 3.06. The van der Waals surface area contributed by atoms with Gasteiger partial charge in [0.25, 0.3) is 0 Å². The molecule has 17 heavy (non-hydrogen) atoms. The van der Waals surface area contributed by atoms with E-state index >= 15 is 0 Å². The summed E-state index contributed by atoms with van der Waals surface area (Å²) in [6, 6.07) is 0. The highest BCUT2D eigenvalue weighted by Crippen LogP contribution is 2.31. The number of anilines is 1. The van der Waals surface area contributed by atoms with Gasteiger partial charge in [-0.3, -0.25) is 0 Å². The number of fused-ring (bicyclic) bond motifs is 1. The quantitative estimate of drug-likeness (QED) is 0.888. The van der Waals surface area contributed by atoms with Gasteiger partial charge in [0.2, 0.25) is 0 Å². The highest BCUT2D eigenvalue weighted by Gasteiger charge is 2.30. The molecule has 1 unspecified atom stereocenters. The van der Waals surface area contributed by atoms with Gasteiger partial charge in [0.15, 0.2) is 0 Å². The second kappa shape index (κ2) is 3.92. The summed E-state index contributed by atoms with van der Waals surface area (Å²) in [7, 11) is 0. The van der Waals surface area contributed by atoms with Crippen LogP contribution in [0.25, 0.3) is 10.2 Å². The molecule has 2 aromatic heterocycles. The van der Waals surface area contributed by atoms with Crippen LogP contribution < -0.4 is 5.32 Å². The van der Waals surface area contributed by atoms with Crippen molar-refractivity contribution in [3.05, 3.63) is 17.3 Å². The molecule has 1 saturated heterocycles. The van der Waals surface area contributed by atoms with Gasteiger partial charge in [-0.1, -0.05) is 0 Å². The zero-order valence-corrected chi connectivity index (χ0v) is 10.8. The number of rotatable bonds is 2. The second-order valence-corrected chi connectivity index (χ2v) is 5.69. The molecule has 1 N–H and O–H groups in total. The Balaban J connectivity index is 2.00. The molecule has 0 spiro atoms. The average molecular weight is 249 g/mol. The van der Waals surface area contributed by atoms with Crippen molar-refractivity contribution in [2.45, 2.75) is 25.8 Å². The van der Waals surface area contributed by atoms with Crippen LogP contribution in [0.2, 0.25) is 0 Å². The summed E-state index contributed by atoms with van der Waals surface area (Å²) in [6.07, 6.45) is 2.65. The summed E-state index contributed by atoms with van der Waals surface area (Å²) in [6.45, 7) is 5.81. The van der Waals surface area contributed by atoms with Gasteiger partial charge in [0.05, 0.1) is 22.4 Å². The number of hydrogen-bond donors (Lipinski definition) is 1. The van der Waals surface area contributed by atoms with E-state index in [1.165, 1.54) is 5.56 Å². The van der Waals surface area contributed by atoms with Crippen LogP contribution in [0.1, 0.15) is 18.9 Å². The fourth-order valence-electron chi connectivity index (χ4n) is 2.11. The van der Waals surface area contributed by atoms with Crippen LogP contribution in [0, 0.1) is 6.92 Å². The zero-order valence-electron chi connectivity index (χ0n) is 9.99. The van der Waals surface area contributed by atoms with Crippen molar-refractivity contribution in [2.75, 3.05) is 18.5 Å². The third-order valence-corrected chi connectivity index (χ3v) is 4.26. The Morgan fingerprint density at radius 1 is 1.47 bits per heavy atom. The summed E-state index contributed by atoms with van der Waals surface area (Å²) in [5, 5.41) is 5.63. The molecule has 4 nitrogen and oxygen atoms in total. The predicted octanol–water partition coefficient (Wildman–Crippen LogP) is 2.59. The number of nitrogens with one attached hydrogen (secondary N) is 1. The number of hydrogen-bond acceptors (Lipinski definition) is 5. The summed E-state index contributed by atoms with van der Waals surface area (Å²) in [5.74, 6) is 0.932. The number of nitrogens with zero attached hydrogens (tertiary/aromatic N) is 2. The smallest absolute Gasteiger partial charge is 0.147 e. The third kappa shape index (κ3) is 1.89. The minimum Gasteiger partial charge on any atom is -0.379 e. The Hall–Kier alpha value is -1.20. The van der Waals surface area contributed by atoms with Crippen molar-refractivity contribution < 1.29 is 4.74 Å². The number of aromatic nitrogens is 2. The molecular formula is C12H15N3OS. The van der Waals surface area contributed by atoms with Gasteiger partial charge < -0.3 is 10.1 Å². The minimum absolute atomic E-state index is 0.000815. The van der Waals surface area contributed by atoms with Crippen LogP contribution >= 0.6 is 11.3 Å². The summed E-state index contributed by atoms with van der Waals surface area (Å²) in [5.41, 5.74) is 2.26. The lowest BCUT2D eigenvalue weighted by atomic mass is 10.0. The van der Waals surface area contributed by atoms with Crippen LogP contribution in [0.5, 0.6) is 0 Å². The molecule has 0 aliphatic carbocycles. The second-order valence-electron chi connectivity index (χ2n) is 4.81. The number of aryl methyl sites for hydroxylation is 1. The van der Waals surface area contributed by atoms with E-state index in [9.17, 15) is 0 Å². The van der Waals surface area contributed by atoms with Gasteiger partial charge in [-0.2, -0.15) is 0 Å². The first kappa shape index (κ1) is 10.9. The van der Waals surface area contributed by atoms with E-state index in [4.69, 9.17) is 4.74 Å². The van der Waals surface area contributed by atoms with E-state index < -0.39 is 0 Å². The molecular weight excluding hydrogens is 234 g/mol. The van der Waals surface area contributed by atoms with Crippen LogP contribution in [-0.2, 0) is 4.74 Å². The van der Waals surface area contributed by atoms with E-state index in [-0.39, 0.29) is 5.54 Å². The Morgan fingerprint density at radius 3 is 3.12 bits per heavy atom. The molecule has 0 aromatic carbocycles. The van der Waals surface area contributed by atoms with E-state index in [0.29, 0.717) is 0 Å². The van der Waals surface area contributed by atoms with Crippen molar-refractivity contribution in [1.29, 1.82) is 0 Å². The lowest BCUT2D eigenvalue weighted by Gasteiger charge is -2.24. The molecule has 1 fully saturated rings. The first-order valence-corrected chi connectivity index (χ1v) is 6.61. The molecule has 0 saturated carbocycles. The van der Waals surface area contributed by atoms with Crippen molar-refractivity contribution in [3.8, 4) is 0 Å². The van der Waals surface area contributed by atoms with Gasteiger partial charge >= 0.3 is 0 Å². The molecule has 0 bridgehead atoms. The molecule has 2 aromatic rings. The molecule has 0 radical (unpaired) electrons. The van der Waals surface area contributed by atoms with Crippen LogP contribution in [-0.4, -0.2) is 28.7 Å². The minimum atomic E-state index is -0.000815. The maximum Gasteiger partial charge on any atom is 0.147 e. The third-order valence-electron chi connectivity index (χ3n) is 3.17. The topological polar surface area (TPSA) is 47.0 Å². The first-order chi connectivity index (χ1) is 8.18. The summed E-state index contributed by atoms with van der Waals surface area (Å²) < 4.78 is 6.58. The lowest BCUT2D eigenvalue weighted by Crippen LogP contribution is -2.35. The van der Waals surface area contributed by atoms with Gasteiger partial charge in [-0.15, -0.1) is 11.3 Å². The molecule has 90 valence electrons. The highest BCUT2D eigenvalue weighted by atomic mass is 32.1. The first-order valence-electron chi connectivity index (χ1n) is 5.73. The van der Waals surface area contributed by atoms with Crippen LogP contribution in [0.15, 0.2) is 11.7 Å². The molecule has 3 heterocycles. The summed E-state index contributed by atoms with van der Waals surface area (Å²) in [4.78, 5) is 8.69. The van der Waals surface area contributed by atoms with E-state index in [0.717, 1.165) is 35.7 Å². The Morgan fingerprint density at radius 2 is 2.35 bits per heavy atom. The molecule has 1 aliphatic heterocycles. The monoisotopic (exact) mass is 249 g/mol. The lowest BCUT2D eigenvalue weighted by molar-refractivity contribution is 0.185. The molecule has 1 aliphatic rings. The van der Waals surface area contributed by atoms with E-state index in [2.05, 4.69) is 34.5 Å². The van der Waals surface area contributed by atoms with E-state index in [1.807, 2.05) is 0 Å². The molecule has 5 heteroatoms. The molecule has 1 atom stereocenters.